The molecule has 1 aromatic carbocycles. The minimum Gasteiger partial charge on any atom is -0.461 e. The van der Waals surface area contributed by atoms with Gasteiger partial charge in [0.05, 0.1) is 36.1 Å². The fourth-order valence-electron chi connectivity index (χ4n) is 6.57. The van der Waals surface area contributed by atoms with Crippen LogP contribution in [0, 0.1) is 29.1 Å². The molecule has 0 spiro atoms. The van der Waals surface area contributed by atoms with Crippen molar-refractivity contribution < 1.29 is 28.7 Å². The molecule has 1 aromatic rings. The molecule has 3 aliphatic carbocycles. The van der Waals surface area contributed by atoms with Gasteiger partial charge in [-0.25, -0.2) is 0 Å². The third-order valence-electron chi connectivity index (χ3n) is 8.90. The number of aliphatic hydroxyl groups is 1. The molecule has 0 radical (unpaired) electrons. The van der Waals surface area contributed by atoms with Crippen molar-refractivity contribution in [3.05, 3.63) is 35.9 Å². The maximum absolute atomic E-state index is 13.3. The molecule has 1 aliphatic heterocycles. The zero-order chi connectivity index (χ0) is 26.3. The number of nitrogens with one attached hydrogen (secondary N) is 1. The standard InChI is InChI=1S/C28H42BNO6/c1-17(2)12-24(29-35-23-14-20-13-22(27(20,4)5)28(23,6)36-29)30-26(33)21(18(3)31)15-25(32)34-16-19-10-8-7-9-11-19/h7-11,17-18,20-24,31H,12-16H2,1-6H3,(H,30,33)/t18-,20-,21+,22-,23-,24+,28+/m1/s1. The highest BCUT2D eigenvalue weighted by Gasteiger charge is 2.68. The molecule has 1 heterocycles. The normalized spacial score (nSPS) is 30.7. The second-order valence-electron chi connectivity index (χ2n) is 12.3. The topological polar surface area (TPSA) is 94.1 Å². The van der Waals surface area contributed by atoms with Gasteiger partial charge in [-0.1, -0.05) is 58.0 Å². The van der Waals surface area contributed by atoms with E-state index in [-0.39, 0.29) is 42.0 Å². The zero-order valence-corrected chi connectivity index (χ0v) is 22.5. The van der Waals surface area contributed by atoms with E-state index in [0.717, 1.165) is 18.4 Å². The first kappa shape index (κ1) is 27.1. The van der Waals surface area contributed by atoms with E-state index in [1.165, 1.54) is 6.92 Å². The monoisotopic (exact) mass is 499 g/mol. The molecule has 1 saturated heterocycles. The Morgan fingerprint density at radius 2 is 1.86 bits per heavy atom. The van der Waals surface area contributed by atoms with E-state index in [2.05, 4.69) is 39.9 Å². The van der Waals surface area contributed by atoms with Crippen LogP contribution in [0.15, 0.2) is 30.3 Å². The molecule has 2 N–H and O–H groups in total. The van der Waals surface area contributed by atoms with Crippen LogP contribution in [0.2, 0.25) is 0 Å². The van der Waals surface area contributed by atoms with Crippen molar-refractivity contribution in [3.63, 3.8) is 0 Å². The number of hydrogen-bond donors (Lipinski definition) is 2. The maximum Gasteiger partial charge on any atom is 0.481 e. The van der Waals surface area contributed by atoms with Crippen LogP contribution in [0.25, 0.3) is 0 Å². The van der Waals surface area contributed by atoms with E-state index in [9.17, 15) is 14.7 Å². The number of aliphatic hydroxyl groups excluding tert-OH is 1. The van der Waals surface area contributed by atoms with Crippen LogP contribution in [0.4, 0.5) is 0 Å². The van der Waals surface area contributed by atoms with Gasteiger partial charge in [0.1, 0.15) is 6.61 Å². The summed E-state index contributed by atoms with van der Waals surface area (Å²) in [5, 5.41) is 13.4. The van der Waals surface area contributed by atoms with Crippen molar-refractivity contribution in [3.8, 4) is 0 Å². The van der Waals surface area contributed by atoms with Gasteiger partial charge in [0.25, 0.3) is 0 Å². The number of carbonyl (C=O) groups excluding carboxylic acids is 2. The minimum atomic E-state index is -1.01. The number of esters is 1. The molecule has 0 unspecified atom stereocenters. The summed E-state index contributed by atoms with van der Waals surface area (Å²) in [7, 11) is -0.554. The molecular formula is C28H42BNO6. The highest BCUT2D eigenvalue weighted by atomic mass is 16.7. The van der Waals surface area contributed by atoms with Crippen LogP contribution in [0.5, 0.6) is 0 Å². The Morgan fingerprint density at radius 1 is 1.17 bits per heavy atom. The third-order valence-corrected chi connectivity index (χ3v) is 8.90. The van der Waals surface area contributed by atoms with Crippen LogP contribution in [-0.2, 0) is 30.2 Å². The lowest BCUT2D eigenvalue weighted by atomic mass is 9.43. The van der Waals surface area contributed by atoms with E-state index < -0.39 is 25.1 Å². The summed E-state index contributed by atoms with van der Waals surface area (Å²) in [6, 6.07) is 9.38. The molecule has 8 heteroatoms. The second kappa shape index (κ2) is 10.5. The fraction of sp³-hybridized carbons (Fsp3) is 0.714. The second-order valence-corrected chi connectivity index (χ2v) is 12.3. The first-order chi connectivity index (χ1) is 16.9. The van der Waals surface area contributed by atoms with Crippen molar-refractivity contribution in [1.82, 2.24) is 5.32 Å². The molecule has 7 nitrogen and oxygen atoms in total. The summed E-state index contributed by atoms with van der Waals surface area (Å²) in [5.41, 5.74) is 0.735. The summed E-state index contributed by atoms with van der Waals surface area (Å²) < 4.78 is 18.4. The predicted octanol–water partition coefficient (Wildman–Crippen LogP) is 3.92. The number of hydrogen-bond acceptors (Lipinski definition) is 6. The Kier molecular flexibility index (Phi) is 7.89. The lowest BCUT2D eigenvalue weighted by molar-refractivity contribution is -0.199. The van der Waals surface area contributed by atoms with Gasteiger partial charge in [0.2, 0.25) is 5.91 Å². The maximum atomic E-state index is 13.3. The molecule has 3 saturated carbocycles. The van der Waals surface area contributed by atoms with Crippen LogP contribution in [0.3, 0.4) is 0 Å². The zero-order valence-electron chi connectivity index (χ0n) is 22.5. The first-order valence-corrected chi connectivity index (χ1v) is 13.4. The van der Waals surface area contributed by atoms with Crippen molar-refractivity contribution >= 4 is 19.0 Å². The molecule has 0 aromatic heterocycles. The summed E-state index contributed by atoms with van der Waals surface area (Å²) in [5.74, 6) is -0.834. The summed E-state index contributed by atoms with van der Waals surface area (Å²) >= 11 is 0. The lowest BCUT2D eigenvalue weighted by Crippen LogP contribution is -2.65. The highest BCUT2D eigenvalue weighted by molar-refractivity contribution is 6.47. The van der Waals surface area contributed by atoms with Gasteiger partial charge in [-0.15, -0.1) is 0 Å². The Balaban J connectivity index is 1.40. The van der Waals surface area contributed by atoms with Gasteiger partial charge in [0, 0.05) is 0 Å². The summed E-state index contributed by atoms with van der Waals surface area (Å²) in [6.07, 6.45) is 1.62. The van der Waals surface area contributed by atoms with Gasteiger partial charge in [-0.3, -0.25) is 9.59 Å². The largest absolute Gasteiger partial charge is 0.481 e. The van der Waals surface area contributed by atoms with E-state index in [0.29, 0.717) is 24.2 Å². The third kappa shape index (κ3) is 5.36. The molecule has 7 atom stereocenters. The molecule has 36 heavy (non-hydrogen) atoms. The Labute approximate surface area is 215 Å². The van der Waals surface area contributed by atoms with Gasteiger partial charge in [0.15, 0.2) is 0 Å². The summed E-state index contributed by atoms with van der Waals surface area (Å²) in [4.78, 5) is 25.8. The average Bonchev–Trinajstić information content (AvgIpc) is 3.18. The molecule has 1 amide bonds. The van der Waals surface area contributed by atoms with E-state index in [1.54, 1.807) is 0 Å². The molecule has 4 aliphatic rings. The van der Waals surface area contributed by atoms with E-state index in [1.807, 2.05) is 30.3 Å². The van der Waals surface area contributed by atoms with Crippen LogP contribution in [0.1, 0.15) is 72.8 Å². The van der Waals surface area contributed by atoms with Crippen LogP contribution < -0.4 is 5.32 Å². The molecular weight excluding hydrogens is 457 g/mol. The lowest BCUT2D eigenvalue weighted by Gasteiger charge is -2.64. The average molecular weight is 499 g/mol. The van der Waals surface area contributed by atoms with Gasteiger partial charge >= 0.3 is 13.1 Å². The van der Waals surface area contributed by atoms with Gasteiger partial charge < -0.3 is 24.5 Å². The smallest absolute Gasteiger partial charge is 0.461 e. The Hall–Kier alpha value is -1.90. The highest BCUT2D eigenvalue weighted by Crippen LogP contribution is 2.65. The van der Waals surface area contributed by atoms with E-state index >= 15 is 0 Å². The number of rotatable bonds is 10. The minimum absolute atomic E-state index is 0.0198. The van der Waals surface area contributed by atoms with Gasteiger partial charge in [-0.2, -0.15) is 0 Å². The predicted molar refractivity (Wildman–Crippen MR) is 138 cm³/mol. The Morgan fingerprint density at radius 3 is 2.47 bits per heavy atom. The first-order valence-electron chi connectivity index (χ1n) is 13.4. The van der Waals surface area contributed by atoms with Gasteiger partial charge in [-0.05, 0) is 61.8 Å². The SMILES string of the molecule is CC(C)C[C@H](NC(=O)[C@@H](CC(=O)OCc1ccccc1)[C@@H](C)O)B1O[C@@H]2C[C@H]3C[C@H](C3(C)C)[C@]2(C)O1. The van der Waals surface area contributed by atoms with Crippen LogP contribution in [-0.4, -0.2) is 47.9 Å². The molecule has 198 valence electrons. The Bertz CT molecular complexity index is 937. The van der Waals surface area contributed by atoms with Crippen molar-refractivity contribution in [1.29, 1.82) is 0 Å². The van der Waals surface area contributed by atoms with Crippen LogP contribution >= 0.6 is 0 Å². The quantitative estimate of drug-likeness (QED) is 0.375. The molecule has 5 rings (SSSR count). The van der Waals surface area contributed by atoms with E-state index in [4.69, 9.17) is 14.0 Å². The van der Waals surface area contributed by atoms with Crippen molar-refractivity contribution in [2.45, 2.75) is 97.6 Å². The number of benzene rings is 1. The molecule has 2 bridgehead atoms. The van der Waals surface area contributed by atoms with Crippen molar-refractivity contribution in [2.75, 3.05) is 0 Å². The number of amides is 1. The fourth-order valence-corrected chi connectivity index (χ4v) is 6.57. The number of carbonyl (C=O) groups is 2. The van der Waals surface area contributed by atoms with Crippen molar-refractivity contribution in [2.24, 2.45) is 29.1 Å². The molecule has 4 fully saturated rings. The summed E-state index contributed by atoms with van der Waals surface area (Å²) in [6.45, 7) is 12.6. The number of ether oxygens (including phenoxy) is 1.